The summed E-state index contributed by atoms with van der Waals surface area (Å²) in [6.07, 6.45) is 0.578. The van der Waals surface area contributed by atoms with E-state index >= 15 is 0 Å². The number of aliphatic hydroxyl groups excluding tert-OH is 2. The number of rotatable bonds is 11. The fraction of sp³-hybridized carbons (Fsp3) is 0.333. The number of aliphatic carboxylic acids is 1. The average molecular weight is 401 g/mol. The predicted octanol–water partition coefficient (Wildman–Crippen LogP) is 1.68. The van der Waals surface area contributed by atoms with Crippen molar-refractivity contribution in [2.45, 2.75) is 25.3 Å². The number of benzene rings is 2. The van der Waals surface area contributed by atoms with Crippen LogP contribution < -0.4 is 15.8 Å². The number of nitrogens with one attached hydrogen (secondary N) is 2. The van der Waals surface area contributed by atoms with Gasteiger partial charge in [0.25, 0.3) is 0 Å². The van der Waals surface area contributed by atoms with E-state index in [1.165, 1.54) is 0 Å². The van der Waals surface area contributed by atoms with Gasteiger partial charge in [0.15, 0.2) is 5.54 Å². The summed E-state index contributed by atoms with van der Waals surface area (Å²) < 4.78 is 5.61. The van der Waals surface area contributed by atoms with Gasteiger partial charge < -0.3 is 31.1 Å². The standard InChI is InChI=1S/C21H27N3O5/c1-2-21(20(27)28,24-16-6-4-15(5-7-16)19(22)23)17-13-14(9-10-25)3-8-18(17)29-12-11-26/h3-8,13,24-26H,2,9-12H2,1H3,(H3,22,23)(H,27,28). The van der Waals surface area contributed by atoms with Gasteiger partial charge in [0.1, 0.15) is 18.2 Å². The zero-order valence-electron chi connectivity index (χ0n) is 16.3. The molecule has 2 rings (SSSR count). The lowest BCUT2D eigenvalue weighted by atomic mass is 9.84. The SMILES string of the molecule is CCC(Nc1ccc(C(=N)N)cc1)(C(=O)O)c1cc(CCO)ccc1OCCO. The van der Waals surface area contributed by atoms with Crippen molar-refractivity contribution in [3.63, 3.8) is 0 Å². The normalized spacial score (nSPS) is 12.8. The fourth-order valence-electron chi connectivity index (χ4n) is 3.12. The van der Waals surface area contributed by atoms with Gasteiger partial charge in [-0.1, -0.05) is 13.0 Å². The molecule has 7 N–H and O–H groups in total. The lowest BCUT2D eigenvalue weighted by Crippen LogP contribution is -2.43. The molecule has 0 bridgehead atoms. The van der Waals surface area contributed by atoms with Gasteiger partial charge in [0.05, 0.1) is 6.61 Å². The van der Waals surface area contributed by atoms with Crippen molar-refractivity contribution >= 4 is 17.5 Å². The van der Waals surface area contributed by atoms with Crippen LogP contribution in [0.15, 0.2) is 42.5 Å². The molecule has 8 nitrogen and oxygen atoms in total. The molecule has 0 spiro atoms. The first-order valence-corrected chi connectivity index (χ1v) is 9.32. The van der Waals surface area contributed by atoms with E-state index in [1.54, 1.807) is 49.4 Å². The maximum atomic E-state index is 12.5. The summed E-state index contributed by atoms with van der Waals surface area (Å²) in [6, 6.07) is 11.7. The highest BCUT2D eigenvalue weighted by Gasteiger charge is 2.41. The number of nitrogens with two attached hydrogens (primary N) is 1. The van der Waals surface area contributed by atoms with Crippen LogP contribution in [-0.4, -0.2) is 46.9 Å². The first-order valence-electron chi connectivity index (χ1n) is 9.32. The number of nitrogen functional groups attached to an aromatic ring is 1. The van der Waals surface area contributed by atoms with Crippen LogP contribution in [0.5, 0.6) is 5.75 Å². The Bertz CT molecular complexity index is 854. The monoisotopic (exact) mass is 401 g/mol. The second-order valence-electron chi connectivity index (χ2n) is 6.56. The third kappa shape index (κ3) is 5.04. The Balaban J connectivity index is 2.55. The molecule has 0 aromatic heterocycles. The molecule has 8 heteroatoms. The van der Waals surface area contributed by atoms with Crippen molar-refractivity contribution < 1.29 is 24.9 Å². The Morgan fingerprint density at radius 2 is 1.86 bits per heavy atom. The van der Waals surface area contributed by atoms with E-state index in [4.69, 9.17) is 21.0 Å². The molecule has 29 heavy (non-hydrogen) atoms. The first kappa shape index (κ1) is 22.2. The molecular formula is C21H27N3O5. The van der Waals surface area contributed by atoms with E-state index in [-0.39, 0.29) is 32.1 Å². The molecule has 1 atom stereocenters. The van der Waals surface area contributed by atoms with Crippen LogP contribution in [0, 0.1) is 5.41 Å². The summed E-state index contributed by atoms with van der Waals surface area (Å²) in [5.74, 6) is -0.823. The molecule has 0 amide bonds. The number of anilines is 1. The highest BCUT2D eigenvalue weighted by molar-refractivity contribution is 5.95. The Morgan fingerprint density at radius 1 is 1.17 bits per heavy atom. The number of hydrogen-bond acceptors (Lipinski definition) is 6. The zero-order chi connectivity index (χ0) is 21.4. The fourth-order valence-corrected chi connectivity index (χ4v) is 3.12. The van der Waals surface area contributed by atoms with Crippen molar-refractivity contribution in [2.75, 3.05) is 25.1 Å². The Hall–Kier alpha value is -3.10. The number of hydrogen-bond donors (Lipinski definition) is 6. The van der Waals surface area contributed by atoms with Crippen molar-refractivity contribution in [2.24, 2.45) is 5.73 Å². The van der Waals surface area contributed by atoms with E-state index in [0.717, 1.165) is 5.56 Å². The summed E-state index contributed by atoms with van der Waals surface area (Å²) in [5.41, 5.74) is 6.22. The van der Waals surface area contributed by atoms with Crippen LogP contribution >= 0.6 is 0 Å². The third-order valence-corrected chi connectivity index (χ3v) is 4.70. The van der Waals surface area contributed by atoms with E-state index in [9.17, 15) is 15.0 Å². The largest absolute Gasteiger partial charge is 0.491 e. The second-order valence-corrected chi connectivity index (χ2v) is 6.56. The van der Waals surface area contributed by atoms with Gasteiger partial charge in [0.2, 0.25) is 0 Å². The zero-order valence-corrected chi connectivity index (χ0v) is 16.3. The molecule has 0 fully saturated rings. The Kier molecular flexibility index (Phi) is 7.58. The number of ether oxygens (including phenoxy) is 1. The topological polar surface area (TPSA) is 149 Å². The molecule has 0 saturated heterocycles. The number of carboxylic acid groups (broad SMARTS) is 1. The molecular weight excluding hydrogens is 374 g/mol. The maximum Gasteiger partial charge on any atom is 0.334 e. The molecule has 0 heterocycles. The van der Waals surface area contributed by atoms with Crippen molar-refractivity contribution in [3.8, 4) is 5.75 Å². The maximum absolute atomic E-state index is 12.5. The van der Waals surface area contributed by atoms with Crippen LogP contribution in [0.1, 0.15) is 30.0 Å². The quantitative estimate of drug-likeness (QED) is 0.248. The predicted molar refractivity (Wildman–Crippen MR) is 110 cm³/mol. The third-order valence-electron chi connectivity index (χ3n) is 4.70. The summed E-state index contributed by atoms with van der Waals surface area (Å²) in [4.78, 5) is 12.5. The van der Waals surface area contributed by atoms with Gasteiger partial charge >= 0.3 is 5.97 Å². The minimum absolute atomic E-state index is 0.0269. The lowest BCUT2D eigenvalue weighted by molar-refractivity contribution is -0.142. The summed E-state index contributed by atoms with van der Waals surface area (Å²) in [6.45, 7) is 1.51. The molecule has 2 aromatic rings. The van der Waals surface area contributed by atoms with Gasteiger partial charge in [-0.15, -0.1) is 0 Å². The van der Waals surface area contributed by atoms with Crippen molar-refractivity contribution in [1.29, 1.82) is 5.41 Å². The average Bonchev–Trinajstić information content (AvgIpc) is 2.71. The second kappa shape index (κ2) is 9.90. The molecule has 0 aliphatic heterocycles. The van der Waals surface area contributed by atoms with Crippen LogP contribution in [0.3, 0.4) is 0 Å². The van der Waals surface area contributed by atoms with Gasteiger partial charge in [-0.2, -0.15) is 0 Å². The Morgan fingerprint density at radius 3 is 2.38 bits per heavy atom. The van der Waals surface area contributed by atoms with E-state index < -0.39 is 11.5 Å². The van der Waals surface area contributed by atoms with Crippen molar-refractivity contribution in [1.82, 2.24) is 0 Å². The lowest BCUT2D eigenvalue weighted by Gasteiger charge is -2.33. The molecule has 0 aliphatic carbocycles. The van der Waals surface area contributed by atoms with Crippen LogP contribution in [0.4, 0.5) is 5.69 Å². The number of carboxylic acids is 1. The van der Waals surface area contributed by atoms with Crippen molar-refractivity contribution in [3.05, 3.63) is 59.2 Å². The van der Waals surface area contributed by atoms with Crippen LogP contribution in [0.25, 0.3) is 0 Å². The molecule has 156 valence electrons. The summed E-state index contributed by atoms with van der Waals surface area (Å²) in [7, 11) is 0. The van der Waals surface area contributed by atoms with E-state index in [0.29, 0.717) is 29.0 Å². The molecule has 2 aromatic carbocycles. The van der Waals surface area contributed by atoms with Crippen LogP contribution in [-0.2, 0) is 16.8 Å². The van der Waals surface area contributed by atoms with E-state index in [1.807, 2.05) is 0 Å². The summed E-state index contributed by atoms with van der Waals surface area (Å²) in [5, 5.41) is 39.1. The molecule has 0 saturated carbocycles. The highest BCUT2D eigenvalue weighted by atomic mass is 16.5. The molecule has 0 radical (unpaired) electrons. The van der Waals surface area contributed by atoms with E-state index in [2.05, 4.69) is 5.32 Å². The first-order chi connectivity index (χ1) is 13.9. The minimum Gasteiger partial charge on any atom is -0.491 e. The summed E-state index contributed by atoms with van der Waals surface area (Å²) >= 11 is 0. The van der Waals surface area contributed by atoms with Crippen LogP contribution in [0.2, 0.25) is 0 Å². The minimum atomic E-state index is -1.51. The number of carbonyl (C=O) groups is 1. The Labute approximate surface area is 169 Å². The van der Waals surface area contributed by atoms with Gasteiger partial charge in [-0.3, -0.25) is 5.41 Å². The van der Waals surface area contributed by atoms with Gasteiger partial charge in [0, 0.05) is 23.4 Å². The highest BCUT2D eigenvalue weighted by Crippen LogP contribution is 2.37. The molecule has 0 aliphatic rings. The number of amidine groups is 1. The van der Waals surface area contributed by atoms with Gasteiger partial charge in [-0.25, -0.2) is 4.79 Å². The smallest absolute Gasteiger partial charge is 0.334 e. The van der Waals surface area contributed by atoms with Gasteiger partial charge in [-0.05, 0) is 54.8 Å². The molecule has 1 unspecified atom stereocenters. The number of aliphatic hydroxyl groups is 2.